The number of piperazine rings is 1. The van der Waals surface area contributed by atoms with Crippen LogP contribution in [0.4, 0.5) is 5.69 Å². The van der Waals surface area contributed by atoms with Gasteiger partial charge in [0, 0.05) is 26.2 Å². The minimum atomic E-state index is 0.0590. The molecule has 0 saturated carbocycles. The maximum absolute atomic E-state index is 13.2. The second-order valence-electron chi connectivity index (χ2n) is 7.06. The van der Waals surface area contributed by atoms with E-state index in [2.05, 4.69) is 23.0 Å². The number of carbonyl (C=O) groups is 1. The van der Waals surface area contributed by atoms with Gasteiger partial charge in [0.05, 0.1) is 35.9 Å². The molecule has 0 atom stereocenters. The van der Waals surface area contributed by atoms with Crippen LogP contribution in [0.2, 0.25) is 0 Å². The predicted octanol–water partition coefficient (Wildman–Crippen LogP) is 3.41. The minimum absolute atomic E-state index is 0.0590. The maximum Gasteiger partial charge on any atom is 0.257 e. The zero-order chi connectivity index (χ0) is 20.2. The molecule has 0 radical (unpaired) electrons. The number of rotatable bonds is 5. The summed E-state index contributed by atoms with van der Waals surface area (Å²) in [6.07, 6.45) is 2.46. The van der Waals surface area contributed by atoms with E-state index in [0.29, 0.717) is 18.7 Å². The number of nitrogens with zero attached hydrogens (tertiary/aromatic N) is 4. The van der Waals surface area contributed by atoms with Crippen molar-refractivity contribution in [2.24, 2.45) is 0 Å². The first-order valence-electron chi connectivity index (χ1n) is 10.0. The van der Waals surface area contributed by atoms with Gasteiger partial charge in [0.1, 0.15) is 5.75 Å². The van der Waals surface area contributed by atoms with Crippen LogP contribution in [0, 0.1) is 0 Å². The summed E-state index contributed by atoms with van der Waals surface area (Å²) in [5, 5.41) is 4.50. The van der Waals surface area contributed by atoms with Gasteiger partial charge in [-0.1, -0.05) is 37.3 Å². The Hall–Kier alpha value is -3.28. The number of carbonyl (C=O) groups excluding carboxylic acids is 1. The van der Waals surface area contributed by atoms with Crippen molar-refractivity contribution >= 4 is 11.6 Å². The summed E-state index contributed by atoms with van der Waals surface area (Å²) in [4.78, 5) is 17.4. The van der Waals surface area contributed by atoms with Gasteiger partial charge in [-0.05, 0) is 30.7 Å². The molecule has 1 aliphatic rings. The zero-order valence-corrected chi connectivity index (χ0v) is 16.9. The average Bonchev–Trinajstić information content (AvgIpc) is 3.23. The van der Waals surface area contributed by atoms with E-state index in [1.54, 1.807) is 13.3 Å². The van der Waals surface area contributed by atoms with Gasteiger partial charge >= 0.3 is 0 Å². The second-order valence-corrected chi connectivity index (χ2v) is 7.06. The van der Waals surface area contributed by atoms with E-state index >= 15 is 0 Å². The molecule has 29 heavy (non-hydrogen) atoms. The summed E-state index contributed by atoms with van der Waals surface area (Å²) >= 11 is 0. The smallest absolute Gasteiger partial charge is 0.257 e. The van der Waals surface area contributed by atoms with Gasteiger partial charge in [-0.25, -0.2) is 4.68 Å². The molecular formula is C23H26N4O2. The topological polar surface area (TPSA) is 50.6 Å². The molecule has 1 saturated heterocycles. The average molecular weight is 390 g/mol. The lowest BCUT2D eigenvalue weighted by Gasteiger charge is -2.36. The molecule has 6 heteroatoms. The van der Waals surface area contributed by atoms with Crippen molar-refractivity contribution in [2.45, 2.75) is 13.3 Å². The zero-order valence-electron chi connectivity index (χ0n) is 16.9. The van der Waals surface area contributed by atoms with E-state index in [4.69, 9.17) is 4.74 Å². The molecule has 150 valence electrons. The van der Waals surface area contributed by atoms with Gasteiger partial charge in [0.25, 0.3) is 5.91 Å². The first-order valence-corrected chi connectivity index (χ1v) is 10.0. The Kier molecular flexibility index (Phi) is 5.51. The van der Waals surface area contributed by atoms with Crippen molar-refractivity contribution < 1.29 is 9.53 Å². The fraction of sp³-hybridized carbons (Fsp3) is 0.304. The maximum atomic E-state index is 13.2. The molecule has 1 aromatic heterocycles. The lowest BCUT2D eigenvalue weighted by atomic mass is 10.1. The standard InChI is InChI=1S/C23H26N4O2/c1-3-20-19(17-24-27(20)18-9-5-4-6-10-18)23(28)26-15-13-25(14-16-26)21-11-7-8-12-22(21)29-2/h4-12,17H,3,13-16H2,1-2H3. The minimum Gasteiger partial charge on any atom is -0.495 e. The monoisotopic (exact) mass is 390 g/mol. The number of hydrogen-bond acceptors (Lipinski definition) is 4. The highest BCUT2D eigenvalue weighted by atomic mass is 16.5. The third kappa shape index (κ3) is 3.70. The summed E-state index contributed by atoms with van der Waals surface area (Å²) in [6.45, 7) is 4.97. The van der Waals surface area contributed by atoms with E-state index in [1.807, 2.05) is 58.1 Å². The third-order valence-electron chi connectivity index (χ3n) is 5.43. The fourth-order valence-corrected chi connectivity index (χ4v) is 3.90. The van der Waals surface area contributed by atoms with Gasteiger partial charge in [0.15, 0.2) is 0 Å². The number of ether oxygens (including phenoxy) is 1. The molecule has 0 N–H and O–H groups in total. The van der Waals surface area contributed by atoms with E-state index in [-0.39, 0.29) is 5.91 Å². The molecule has 2 aromatic carbocycles. The number of amides is 1. The number of aromatic nitrogens is 2. The molecule has 0 aliphatic carbocycles. The number of methoxy groups -OCH3 is 1. The number of benzene rings is 2. The summed E-state index contributed by atoms with van der Waals surface area (Å²) in [6, 6.07) is 18.0. The third-order valence-corrected chi connectivity index (χ3v) is 5.43. The molecule has 1 fully saturated rings. The molecule has 6 nitrogen and oxygen atoms in total. The van der Waals surface area contributed by atoms with Crippen molar-refractivity contribution in [2.75, 3.05) is 38.2 Å². The van der Waals surface area contributed by atoms with Gasteiger partial charge in [0.2, 0.25) is 0 Å². The normalized spacial score (nSPS) is 14.1. The summed E-state index contributed by atoms with van der Waals surface area (Å²) in [7, 11) is 1.69. The lowest BCUT2D eigenvalue weighted by molar-refractivity contribution is 0.0745. The van der Waals surface area contributed by atoms with Crippen LogP contribution in [0.1, 0.15) is 23.0 Å². The van der Waals surface area contributed by atoms with Crippen molar-refractivity contribution in [3.05, 3.63) is 72.1 Å². The van der Waals surface area contributed by atoms with E-state index in [9.17, 15) is 4.79 Å². The van der Waals surface area contributed by atoms with Gasteiger partial charge < -0.3 is 14.5 Å². The Morgan fingerprint density at radius 1 is 1.00 bits per heavy atom. The van der Waals surface area contributed by atoms with Crippen molar-refractivity contribution in [3.63, 3.8) is 0 Å². The number of anilines is 1. The summed E-state index contributed by atoms with van der Waals surface area (Å²) in [5.74, 6) is 0.924. The highest BCUT2D eigenvalue weighted by molar-refractivity contribution is 5.95. The van der Waals surface area contributed by atoms with Crippen LogP contribution in [0.3, 0.4) is 0 Å². The first kappa shape index (κ1) is 19.1. The Labute approximate surface area is 171 Å². The van der Waals surface area contributed by atoms with E-state index in [0.717, 1.165) is 42.3 Å². The van der Waals surface area contributed by atoms with Crippen LogP contribution < -0.4 is 9.64 Å². The van der Waals surface area contributed by atoms with Crippen LogP contribution in [-0.4, -0.2) is 53.9 Å². The summed E-state index contributed by atoms with van der Waals surface area (Å²) < 4.78 is 7.36. The Bertz CT molecular complexity index is 976. The molecule has 4 rings (SSSR count). The van der Waals surface area contributed by atoms with E-state index in [1.165, 1.54) is 0 Å². The fourth-order valence-electron chi connectivity index (χ4n) is 3.90. The number of hydrogen-bond donors (Lipinski definition) is 0. The van der Waals surface area contributed by atoms with Gasteiger partial charge in [-0.3, -0.25) is 4.79 Å². The summed E-state index contributed by atoms with van der Waals surface area (Å²) in [5.41, 5.74) is 3.70. The van der Waals surface area contributed by atoms with Gasteiger partial charge in [-0.2, -0.15) is 5.10 Å². The number of para-hydroxylation sites is 3. The predicted molar refractivity (Wildman–Crippen MR) is 114 cm³/mol. The van der Waals surface area contributed by atoms with E-state index < -0.39 is 0 Å². The molecule has 0 spiro atoms. The molecule has 1 amide bonds. The quantitative estimate of drug-likeness (QED) is 0.670. The Balaban J connectivity index is 1.50. The molecule has 3 aromatic rings. The molecule has 0 unspecified atom stereocenters. The van der Waals surface area contributed by atoms with Crippen LogP contribution in [0.5, 0.6) is 5.75 Å². The largest absolute Gasteiger partial charge is 0.495 e. The Morgan fingerprint density at radius 2 is 1.69 bits per heavy atom. The lowest BCUT2D eigenvalue weighted by Crippen LogP contribution is -2.49. The van der Waals surface area contributed by atoms with Crippen LogP contribution >= 0.6 is 0 Å². The van der Waals surface area contributed by atoms with Crippen molar-refractivity contribution in [3.8, 4) is 11.4 Å². The highest BCUT2D eigenvalue weighted by Crippen LogP contribution is 2.28. The highest BCUT2D eigenvalue weighted by Gasteiger charge is 2.26. The van der Waals surface area contributed by atoms with Crippen LogP contribution in [-0.2, 0) is 6.42 Å². The van der Waals surface area contributed by atoms with Crippen molar-refractivity contribution in [1.82, 2.24) is 14.7 Å². The molecule has 0 bridgehead atoms. The molecule has 1 aliphatic heterocycles. The van der Waals surface area contributed by atoms with Gasteiger partial charge in [-0.15, -0.1) is 0 Å². The first-order chi connectivity index (χ1) is 14.2. The van der Waals surface area contributed by atoms with Crippen LogP contribution in [0.15, 0.2) is 60.8 Å². The Morgan fingerprint density at radius 3 is 2.38 bits per heavy atom. The molecule has 2 heterocycles. The second kappa shape index (κ2) is 8.39. The SMILES string of the molecule is CCc1c(C(=O)N2CCN(c3ccccc3OC)CC2)cnn1-c1ccccc1. The van der Waals surface area contributed by atoms with Crippen molar-refractivity contribution in [1.29, 1.82) is 0 Å². The molecular weight excluding hydrogens is 364 g/mol. The van der Waals surface area contributed by atoms with Crippen LogP contribution in [0.25, 0.3) is 5.69 Å².